The van der Waals surface area contributed by atoms with Crippen molar-refractivity contribution in [2.75, 3.05) is 28.4 Å². The number of methoxy groups -OCH3 is 3. The molecule has 0 heterocycles. The molecule has 0 saturated heterocycles. The molecule has 0 aliphatic rings. The van der Waals surface area contributed by atoms with Crippen LogP contribution in [-0.4, -0.2) is 28.4 Å². The maximum atomic E-state index is 5.49. The highest BCUT2D eigenvalue weighted by Gasteiger charge is 2.21. The lowest BCUT2D eigenvalue weighted by atomic mass is 9.97. The summed E-state index contributed by atoms with van der Waals surface area (Å²) in [5.74, 6) is 2.43. The van der Waals surface area contributed by atoms with Crippen LogP contribution in [0.3, 0.4) is 0 Å². The molecule has 0 aliphatic carbocycles. The van der Waals surface area contributed by atoms with Crippen LogP contribution in [0.15, 0.2) is 42.5 Å². The first-order valence-corrected chi connectivity index (χ1v) is 6.77. The maximum absolute atomic E-state index is 5.49. The van der Waals surface area contributed by atoms with Crippen LogP contribution >= 0.6 is 0 Å². The third-order valence-corrected chi connectivity index (χ3v) is 3.49. The molecule has 0 amide bonds. The lowest BCUT2D eigenvalue weighted by Gasteiger charge is -2.22. The van der Waals surface area contributed by atoms with Gasteiger partial charge in [0, 0.05) is 0 Å². The minimum atomic E-state index is -0.0259. The molecule has 4 nitrogen and oxygen atoms in total. The number of nitrogens with one attached hydrogen (secondary N) is 1. The number of ether oxygens (including phenoxy) is 3. The molecule has 2 rings (SSSR count). The molecule has 0 saturated carbocycles. The van der Waals surface area contributed by atoms with Crippen LogP contribution < -0.4 is 19.5 Å². The van der Waals surface area contributed by atoms with E-state index >= 15 is 0 Å². The van der Waals surface area contributed by atoms with Crippen molar-refractivity contribution in [1.29, 1.82) is 0 Å². The third-order valence-electron chi connectivity index (χ3n) is 3.49. The van der Waals surface area contributed by atoms with Gasteiger partial charge in [0.1, 0.15) is 17.2 Å². The fourth-order valence-corrected chi connectivity index (χ4v) is 2.44. The Bertz CT molecular complexity index is 559. The van der Waals surface area contributed by atoms with Crippen molar-refractivity contribution in [3.8, 4) is 17.2 Å². The van der Waals surface area contributed by atoms with Crippen molar-refractivity contribution in [3.63, 3.8) is 0 Å². The van der Waals surface area contributed by atoms with Gasteiger partial charge < -0.3 is 19.5 Å². The van der Waals surface area contributed by atoms with Crippen molar-refractivity contribution >= 4 is 0 Å². The summed E-state index contributed by atoms with van der Waals surface area (Å²) in [6.07, 6.45) is 0. The van der Waals surface area contributed by atoms with Crippen molar-refractivity contribution in [2.45, 2.75) is 6.04 Å². The first-order chi connectivity index (χ1) is 10.2. The van der Waals surface area contributed by atoms with Crippen LogP contribution in [0.2, 0.25) is 0 Å². The molecule has 21 heavy (non-hydrogen) atoms. The predicted molar refractivity (Wildman–Crippen MR) is 83.4 cm³/mol. The highest BCUT2D eigenvalue weighted by molar-refractivity contribution is 5.51. The molecule has 1 atom stereocenters. The van der Waals surface area contributed by atoms with Crippen molar-refractivity contribution in [2.24, 2.45) is 0 Å². The van der Waals surface area contributed by atoms with Gasteiger partial charge >= 0.3 is 0 Å². The molecule has 0 aromatic heterocycles. The third kappa shape index (κ3) is 3.11. The maximum Gasteiger partial charge on any atom is 0.127 e. The van der Waals surface area contributed by atoms with Crippen LogP contribution in [0.25, 0.3) is 0 Å². The minimum absolute atomic E-state index is 0.0259. The zero-order chi connectivity index (χ0) is 15.2. The zero-order valence-electron chi connectivity index (χ0n) is 12.8. The van der Waals surface area contributed by atoms with Gasteiger partial charge in [-0.2, -0.15) is 0 Å². The predicted octanol–water partition coefficient (Wildman–Crippen LogP) is 3.02. The van der Waals surface area contributed by atoms with Crippen LogP contribution in [0.4, 0.5) is 0 Å². The normalized spacial score (nSPS) is 11.8. The average Bonchev–Trinajstić information content (AvgIpc) is 2.56. The van der Waals surface area contributed by atoms with Crippen molar-refractivity contribution in [3.05, 3.63) is 53.6 Å². The summed E-state index contributed by atoms with van der Waals surface area (Å²) in [5, 5.41) is 3.32. The number of hydrogen-bond acceptors (Lipinski definition) is 4. The van der Waals surface area contributed by atoms with E-state index in [0.717, 1.165) is 28.4 Å². The molecule has 0 radical (unpaired) electrons. The van der Waals surface area contributed by atoms with Crippen molar-refractivity contribution in [1.82, 2.24) is 5.32 Å². The Hall–Kier alpha value is -2.20. The summed E-state index contributed by atoms with van der Waals surface area (Å²) in [6, 6.07) is 13.7. The smallest absolute Gasteiger partial charge is 0.127 e. The van der Waals surface area contributed by atoms with Crippen molar-refractivity contribution < 1.29 is 14.2 Å². The molecule has 0 aliphatic heterocycles. The van der Waals surface area contributed by atoms with Crippen LogP contribution in [0.1, 0.15) is 17.2 Å². The summed E-state index contributed by atoms with van der Waals surface area (Å²) in [4.78, 5) is 0. The minimum Gasteiger partial charge on any atom is -0.497 e. The molecule has 0 bridgehead atoms. The molecule has 2 aromatic carbocycles. The molecule has 112 valence electrons. The van der Waals surface area contributed by atoms with Gasteiger partial charge in [-0.3, -0.25) is 0 Å². The van der Waals surface area contributed by atoms with Gasteiger partial charge in [0.15, 0.2) is 0 Å². The Kier molecular flexibility index (Phi) is 5.06. The number of hydrogen-bond donors (Lipinski definition) is 1. The summed E-state index contributed by atoms with van der Waals surface area (Å²) < 4.78 is 16.2. The second-order valence-corrected chi connectivity index (χ2v) is 4.57. The van der Waals surface area contributed by atoms with Crippen LogP contribution in [0.5, 0.6) is 17.2 Å². The van der Waals surface area contributed by atoms with E-state index < -0.39 is 0 Å². The van der Waals surface area contributed by atoms with Gasteiger partial charge in [0.2, 0.25) is 0 Å². The van der Waals surface area contributed by atoms with E-state index in [1.54, 1.807) is 21.3 Å². The molecule has 0 fully saturated rings. The van der Waals surface area contributed by atoms with Crippen LogP contribution in [-0.2, 0) is 0 Å². The highest BCUT2D eigenvalue weighted by atomic mass is 16.5. The van der Waals surface area contributed by atoms with E-state index in [1.807, 2.05) is 49.5 Å². The standard InChI is InChI=1S/C17H21NO3/c1-18-17(12-8-10-13(19-2)11-9-12)16-14(20-3)6-5-7-15(16)21-4/h5-11,17-18H,1-4H3. The van der Waals surface area contributed by atoms with Gasteiger partial charge in [0.05, 0.1) is 32.9 Å². The topological polar surface area (TPSA) is 39.7 Å². The summed E-state index contributed by atoms with van der Waals surface area (Å²) in [7, 11) is 6.91. The SMILES string of the molecule is CNC(c1ccc(OC)cc1)c1c(OC)cccc1OC. The summed E-state index contributed by atoms with van der Waals surface area (Å²) in [6.45, 7) is 0. The van der Waals surface area contributed by atoms with Gasteiger partial charge in [-0.05, 0) is 36.9 Å². The van der Waals surface area contributed by atoms with Gasteiger partial charge in [-0.25, -0.2) is 0 Å². The van der Waals surface area contributed by atoms with Gasteiger partial charge in [-0.15, -0.1) is 0 Å². The quantitative estimate of drug-likeness (QED) is 0.886. The van der Waals surface area contributed by atoms with E-state index in [0.29, 0.717) is 0 Å². The van der Waals surface area contributed by atoms with Gasteiger partial charge in [0.25, 0.3) is 0 Å². The number of rotatable bonds is 6. The monoisotopic (exact) mass is 287 g/mol. The highest BCUT2D eigenvalue weighted by Crippen LogP contribution is 2.37. The van der Waals surface area contributed by atoms with E-state index in [2.05, 4.69) is 5.32 Å². The van der Waals surface area contributed by atoms with E-state index in [-0.39, 0.29) is 6.04 Å². The lowest BCUT2D eigenvalue weighted by molar-refractivity contribution is 0.378. The Morgan fingerprint density at radius 3 is 1.81 bits per heavy atom. The Morgan fingerprint density at radius 1 is 0.810 bits per heavy atom. The van der Waals surface area contributed by atoms with Gasteiger partial charge in [-0.1, -0.05) is 18.2 Å². The fraction of sp³-hybridized carbons (Fsp3) is 0.294. The molecule has 1 N–H and O–H groups in total. The Balaban J connectivity index is 2.49. The lowest BCUT2D eigenvalue weighted by Crippen LogP contribution is -2.19. The van der Waals surface area contributed by atoms with Crippen LogP contribution in [0, 0.1) is 0 Å². The second-order valence-electron chi connectivity index (χ2n) is 4.57. The molecule has 2 aromatic rings. The zero-order valence-corrected chi connectivity index (χ0v) is 12.8. The molecule has 1 unspecified atom stereocenters. The largest absolute Gasteiger partial charge is 0.497 e. The fourth-order valence-electron chi connectivity index (χ4n) is 2.44. The summed E-state index contributed by atoms with van der Waals surface area (Å²) in [5.41, 5.74) is 2.09. The van der Waals surface area contributed by atoms with E-state index in [4.69, 9.17) is 14.2 Å². The van der Waals surface area contributed by atoms with E-state index in [9.17, 15) is 0 Å². The first-order valence-electron chi connectivity index (χ1n) is 6.77. The first kappa shape index (κ1) is 15.2. The molecular formula is C17H21NO3. The Morgan fingerprint density at radius 2 is 1.38 bits per heavy atom. The van der Waals surface area contributed by atoms with E-state index in [1.165, 1.54) is 0 Å². The molecule has 4 heteroatoms. The average molecular weight is 287 g/mol. The summed E-state index contributed by atoms with van der Waals surface area (Å²) >= 11 is 0. The molecule has 0 spiro atoms. The number of benzene rings is 2. The molecular weight excluding hydrogens is 266 g/mol. The Labute approximate surface area is 125 Å². The second kappa shape index (κ2) is 6.99.